The summed E-state index contributed by atoms with van der Waals surface area (Å²) in [6.45, 7) is 8.90. The summed E-state index contributed by atoms with van der Waals surface area (Å²) in [5, 5.41) is 2.88. The Kier molecular flexibility index (Phi) is 4.67. The average Bonchev–Trinajstić information content (AvgIpc) is 2.79. The van der Waals surface area contributed by atoms with Gasteiger partial charge in [-0.15, -0.1) is 0 Å². The van der Waals surface area contributed by atoms with E-state index >= 15 is 0 Å². The Morgan fingerprint density at radius 2 is 2.15 bits per heavy atom. The van der Waals surface area contributed by atoms with Crippen molar-refractivity contribution in [3.63, 3.8) is 0 Å². The maximum atomic E-state index is 12.6. The molecule has 2 rings (SSSR count). The molecule has 114 valence electrons. The van der Waals surface area contributed by atoms with Crippen LogP contribution in [0.4, 0.5) is 0 Å². The van der Waals surface area contributed by atoms with Gasteiger partial charge in [0, 0.05) is 11.3 Å². The second-order valence-corrected chi connectivity index (χ2v) is 8.21. The Bertz CT molecular complexity index is 391. The Morgan fingerprint density at radius 3 is 2.65 bits per heavy atom. The highest BCUT2D eigenvalue weighted by atomic mass is 32.2. The Labute approximate surface area is 126 Å². The molecule has 0 aliphatic carbocycles. The van der Waals surface area contributed by atoms with Gasteiger partial charge in [0.1, 0.15) is 12.1 Å². The van der Waals surface area contributed by atoms with Crippen LogP contribution in [0.3, 0.4) is 0 Å². The van der Waals surface area contributed by atoms with Gasteiger partial charge in [-0.05, 0) is 37.9 Å². The van der Waals surface area contributed by atoms with E-state index in [9.17, 15) is 9.59 Å². The molecule has 0 aromatic carbocycles. The van der Waals surface area contributed by atoms with Crippen molar-refractivity contribution in [2.24, 2.45) is 5.92 Å². The van der Waals surface area contributed by atoms with E-state index in [-0.39, 0.29) is 34.6 Å². The van der Waals surface area contributed by atoms with Gasteiger partial charge in [0.05, 0.1) is 0 Å². The van der Waals surface area contributed by atoms with Gasteiger partial charge < -0.3 is 10.2 Å². The number of nitrogens with zero attached hydrogens (tertiary/aromatic N) is 1. The molecular formula is C15H26N2O2S. The first kappa shape index (κ1) is 15.7. The van der Waals surface area contributed by atoms with Crippen molar-refractivity contribution in [1.82, 2.24) is 10.2 Å². The number of hydrogen-bond donors (Lipinski definition) is 1. The molecule has 1 N–H and O–H groups in total. The molecule has 5 heteroatoms. The number of nitrogens with one attached hydrogen (secondary N) is 1. The fourth-order valence-electron chi connectivity index (χ4n) is 3.24. The lowest BCUT2D eigenvalue weighted by Gasteiger charge is -2.43. The summed E-state index contributed by atoms with van der Waals surface area (Å²) in [5.74, 6) is 1.42. The molecule has 2 saturated heterocycles. The third kappa shape index (κ3) is 2.97. The van der Waals surface area contributed by atoms with Crippen molar-refractivity contribution in [2.75, 3.05) is 12.3 Å². The number of amides is 2. The molecule has 0 aromatic rings. The summed E-state index contributed by atoms with van der Waals surface area (Å²) in [6.07, 6.45) is 3.00. The molecule has 2 heterocycles. The first-order valence-electron chi connectivity index (χ1n) is 7.63. The number of piperazine rings is 1. The highest BCUT2D eigenvalue weighted by Gasteiger charge is 2.44. The molecule has 2 aliphatic rings. The van der Waals surface area contributed by atoms with Crippen molar-refractivity contribution >= 4 is 23.6 Å². The van der Waals surface area contributed by atoms with E-state index in [4.69, 9.17) is 0 Å². The van der Waals surface area contributed by atoms with Crippen molar-refractivity contribution in [3.05, 3.63) is 0 Å². The Balaban J connectivity index is 2.22. The smallest absolute Gasteiger partial charge is 0.245 e. The third-order valence-electron chi connectivity index (χ3n) is 4.35. The molecule has 20 heavy (non-hydrogen) atoms. The normalized spacial score (nSPS) is 34.8. The lowest BCUT2D eigenvalue weighted by Crippen LogP contribution is -2.66. The third-order valence-corrected chi connectivity index (χ3v) is 5.87. The zero-order valence-corrected chi connectivity index (χ0v) is 13.8. The van der Waals surface area contributed by atoms with Gasteiger partial charge in [0.25, 0.3) is 0 Å². The predicted octanol–water partition coefficient (Wildman–Crippen LogP) is 2.03. The SMILES string of the molecule is CCC1NC(=O)C(C(C)C)N(CC2(C)CCCS2)C1=O. The standard InChI is InChI=1S/C15H26N2O2S/c1-5-11-14(19)17(9-15(4)7-6-8-20-15)12(10(2)3)13(18)16-11/h10-12H,5-9H2,1-4H3,(H,16,18). The van der Waals surface area contributed by atoms with Crippen LogP contribution in [-0.2, 0) is 9.59 Å². The van der Waals surface area contributed by atoms with E-state index in [2.05, 4.69) is 12.2 Å². The van der Waals surface area contributed by atoms with Crippen LogP contribution in [0.2, 0.25) is 0 Å². The highest BCUT2D eigenvalue weighted by molar-refractivity contribution is 8.00. The van der Waals surface area contributed by atoms with Crippen molar-refractivity contribution in [3.8, 4) is 0 Å². The first-order chi connectivity index (χ1) is 9.38. The maximum absolute atomic E-state index is 12.6. The number of hydrogen-bond acceptors (Lipinski definition) is 3. The lowest BCUT2D eigenvalue weighted by molar-refractivity contribution is -0.151. The second kappa shape index (κ2) is 5.96. The zero-order valence-electron chi connectivity index (χ0n) is 12.9. The molecule has 3 unspecified atom stereocenters. The largest absolute Gasteiger partial charge is 0.343 e. The summed E-state index contributed by atoms with van der Waals surface area (Å²) >= 11 is 1.94. The van der Waals surface area contributed by atoms with Crippen LogP contribution in [0.15, 0.2) is 0 Å². The summed E-state index contributed by atoms with van der Waals surface area (Å²) in [4.78, 5) is 26.8. The van der Waals surface area contributed by atoms with Crippen LogP contribution in [0.1, 0.15) is 47.0 Å². The van der Waals surface area contributed by atoms with Crippen LogP contribution in [0, 0.1) is 5.92 Å². The summed E-state index contributed by atoms with van der Waals surface area (Å²) in [5.41, 5.74) is 0. The van der Waals surface area contributed by atoms with E-state index in [0.29, 0.717) is 13.0 Å². The van der Waals surface area contributed by atoms with Crippen molar-refractivity contribution in [1.29, 1.82) is 0 Å². The number of carbonyl (C=O) groups excluding carboxylic acids is 2. The molecule has 0 aromatic heterocycles. The monoisotopic (exact) mass is 298 g/mol. The number of thioether (sulfide) groups is 1. The summed E-state index contributed by atoms with van der Waals surface area (Å²) in [6, 6.07) is -0.657. The molecule has 0 radical (unpaired) electrons. The molecular weight excluding hydrogens is 272 g/mol. The van der Waals surface area contributed by atoms with E-state index in [1.165, 1.54) is 6.42 Å². The molecule has 0 spiro atoms. The quantitative estimate of drug-likeness (QED) is 0.864. The van der Waals surface area contributed by atoms with Crippen LogP contribution >= 0.6 is 11.8 Å². The van der Waals surface area contributed by atoms with Gasteiger partial charge in [0.15, 0.2) is 0 Å². The van der Waals surface area contributed by atoms with Crippen LogP contribution in [0.25, 0.3) is 0 Å². The molecule has 0 saturated carbocycles. The Hall–Kier alpha value is -0.710. The van der Waals surface area contributed by atoms with Gasteiger partial charge >= 0.3 is 0 Å². The van der Waals surface area contributed by atoms with E-state index in [1.54, 1.807) is 0 Å². The maximum Gasteiger partial charge on any atom is 0.245 e. The van der Waals surface area contributed by atoms with Gasteiger partial charge in [-0.25, -0.2) is 0 Å². The van der Waals surface area contributed by atoms with Gasteiger partial charge in [-0.2, -0.15) is 11.8 Å². The predicted molar refractivity (Wildman–Crippen MR) is 82.7 cm³/mol. The molecule has 2 aliphatic heterocycles. The fraction of sp³-hybridized carbons (Fsp3) is 0.867. The number of carbonyl (C=O) groups is 2. The summed E-state index contributed by atoms with van der Waals surface area (Å²) < 4.78 is 0.110. The zero-order chi connectivity index (χ0) is 14.9. The highest BCUT2D eigenvalue weighted by Crippen LogP contribution is 2.39. The van der Waals surface area contributed by atoms with Gasteiger partial charge in [-0.1, -0.05) is 20.8 Å². The van der Waals surface area contributed by atoms with Gasteiger partial charge in [-0.3, -0.25) is 9.59 Å². The van der Waals surface area contributed by atoms with E-state index < -0.39 is 0 Å². The lowest BCUT2D eigenvalue weighted by atomic mass is 9.94. The van der Waals surface area contributed by atoms with Gasteiger partial charge in [0.2, 0.25) is 11.8 Å². The van der Waals surface area contributed by atoms with Crippen LogP contribution < -0.4 is 5.32 Å². The minimum absolute atomic E-state index is 0.0121. The first-order valence-corrected chi connectivity index (χ1v) is 8.61. The second-order valence-electron chi connectivity index (χ2n) is 6.53. The Morgan fingerprint density at radius 1 is 1.45 bits per heavy atom. The van der Waals surface area contributed by atoms with Crippen LogP contribution in [-0.4, -0.2) is 45.8 Å². The average molecular weight is 298 g/mol. The van der Waals surface area contributed by atoms with E-state index in [0.717, 1.165) is 12.2 Å². The number of rotatable bonds is 4. The van der Waals surface area contributed by atoms with Crippen LogP contribution in [0.5, 0.6) is 0 Å². The molecule has 4 nitrogen and oxygen atoms in total. The van der Waals surface area contributed by atoms with E-state index in [1.807, 2.05) is 37.4 Å². The summed E-state index contributed by atoms with van der Waals surface area (Å²) in [7, 11) is 0. The molecule has 2 fully saturated rings. The molecule has 3 atom stereocenters. The topological polar surface area (TPSA) is 49.4 Å². The van der Waals surface area contributed by atoms with Crippen molar-refractivity contribution in [2.45, 2.75) is 63.8 Å². The minimum Gasteiger partial charge on any atom is -0.343 e. The fourth-order valence-corrected chi connectivity index (χ4v) is 4.54. The minimum atomic E-state index is -0.340. The molecule has 2 amide bonds. The molecule has 0 bridgehead atoms. The van der Waals surface area contributed by atoms with Crippen molar-refractivity contribution < 1.29 is 9.59 Å².